The van der Waals surface area contributed by atoms with Crippen LogP contribution in [-0.2, 0) is 17.8 Å². The summed E-state index contributed by atoms with van der Waals surface area (Å²) in [5.41, 5.74) is 7.06. The Balaban J connectivity index is 1.82. The molecule has 0 aliphatic heterocycles. The van der Waals surface area contributed by atoms with E-state index in [-0.39, 0.29) is 11.9 Å². The van der Waals surface area contributed by atoms with Gasteiger partial charge in [0.25, 0.3) is 0 Å². The molecule has 0 saturated carbocycles. The Labute approximate surface area is 148 Å². The fraction of sp³-hybridized carbons (Fsp3) is 0.400. The predicted molar refractivity (Wildman–Crippen MR) is 101 cm³/mol. The lowest BCUT2D eigenvalue weighted by atomic mass is 10.0. The van der Waals surface area contributed by atoms with E-state index in [2.05, 4.69) is 48.3 Å². The highest BCUT2D eigenvalue weighted by Gasteiger charge is 2.16. The van der Waals surface area contributed by atoms with Crippen LogP contribution in [0.4, 0.5) is 0 Å². The molecule has 0 spiro atoms. The van der Waals surface area contributed by atoms with Gasteiger partial charge in [-0.2, -0.15) is 5.10 Å². The fourth-order valence-corrected chi connectivity index (χ4v) is 3.30. The van der Waals surface area contributed by atoms with E-state index in [1.165, 1.54) is 22.2 Å². The number of aromatic nitrogens is 3. The number of hydrogen-bond acceptors (Lipinski definition) is 2. The predicted octanol–water partition coefficient (Wildman–Crippen LogP) is 3.73. The van der Waals surface area contributed by atoms with Crippen LogP contribution in [0.3, 0.4) is 0 Å². The molecule has 0 aliphatic carbocycles. The third-order valence-corrected chi connectivity index (χ3v) is 4.81. The van der Waals surface area contributed by atoms with Gasteiger partial charge in [-0.15, -0.1) is 0 Å². The molecule has 2 heterocycles. The third-order valence-electron chi connectivity index (χ3n) is 4.81. The Morgan fingerprint density at radius 1 is 1.28 bits per heavy atom. The third kappa shape index (κ3) is 3.31. The maximum atomic E-state index is 12.5. The molecule has 0 fully saturated rings. The monoisotopic (exact) mass is 338 g/mol. The van der Waals surface area contributed by atoms with E-state index in [0.29, 0.717) is 6.54 Å². The van der Waals surface area contributed by atoms with Gasteiger partial charge >= 0.3 is 0 Å². The molecule has 132 valence electrons. The van der Waals surface area contributed by atoms with E-state index in [9.17, 15) is 4.79 Å². The van der Waals surface area contributed by atoms with E-state index in [0.717, 1.165) is 23.1 Å². The highest BCUT2D eigenvalue weighted by Crippen LogP contribution is 2.26. The normalized spacial score (nSPS) is 12.5. The average molecular weight is 338 g/mol. The lowest BCUT2D eigenvalue weighted by Crippen LogP contribution is -2.30. The number of benzene rings is 1. The first-order valence-electron chi connectivity index (χ1n) is 8.79. The Kier molecular flexibility index (Phi) is 4.66. The van der Waals surface area contributed by atoms with Crippen molar-refractivity contribution in [3.05, 3.63) is 52.5 Å². The van der Waals surface area contributed by atoms with Gasteiger partial charge in [-0.25, -0.2) is 0 Å². The summed E-state index contributed by atoms with van der Waals surface area (Å²) in [6, 6.07) is 4.02. The first-order chi connectivity index (χ1) is 11.9. The molecule has 0 aliphatic rings. The van der Waals surface area contributed by atoms with Gasteiger partial charge in [-0.05, 0) is 56.9 Å². The molecule has 2 N–H and O–H groups in total. The van der Waals surface area contributed by atoms with E-state index in [1.807, 2.05) is 20.0 Å². The number of aryl methyl sites for hydroxylation is 4. The molecule has 2 aromatic heterocycles. The smallest absolute Gasteiger partial charge is 0.244 e. The van der Waals surface area contributed by atoms with Crippen LogP contribution in [-0.4, -0.2) is 20.7 Å². The summed E-state index contributed by atoms with van der Waals surface area (Å²) in [5, 5.41) is 8.53. The lowest BCUT2D eigenvalue weighted by Gasteiger charge is -2.13. The van der Waals surface area contributed by atoms with Crippen molar-refractivity contribution in [3.63, 3.8) is 0 Å². The zero-order chi connectivity index (χ0) is 18.1. The van der Waals surface area contributed by atoms with E-state index < -0.39 is 0 Å². The molecule has 5 nitrogen and oxygen atoms in total. The average Bonchev–Trinajstić information content (AvgIpc) is 3.15. The van der Waals surface area contributed by atoms with Crippen molar-refractivity contribution in [2.24, 2.45) is 0 Å². The summed E-state index contributed by atoms with van der Waals surface area (Å²) in [5.74, 6) is -0.0308. The largest absolute Gasteiger partial charge is 0.358 e. The highest BCUT2D eigenvalue weighted by atomic mass is 16.2. The van der Waals surface area contributed by atoms with Crippen molar-refractivity contribution in [2.75, 3.05) is 0 Å². The minimum absolute atomic E-state index is 0.0308. The minimum atomic E-state index is -0.328. The summed E-state index contributed by atoms with van der Waals surface area (Å²) >= 11 is 0. The Morgan fingerprint density at radius 2 is 2.04 bits per heavy atom. The fourth-order valence-electron chi connectivity index (χ4n) is 3.30. The molecule has 1 amide bonds. The molecule has 0 saturated heterocycles. The van der Waals surface area contributed by atoms with Gasteiger partial charge in [0.1, 0.15) is 6.04 Å². The second-order valence-electron chi connectivity index (χ2n) is 6.82. The lowest BCUT2D eigenvalue weighted by molar-refractivity contribution is -0.124. The van der Waals surface area contributed by atoms with Crippen molar-refractivity contribution in [2.45, 2.75) is 53.6 Å². The zero-order valence-electron chi connectivity index (χ0n) is 15.6. The minimum Gasteiger partial charge on any atom is -0.358 e. The van der Waals surface area contributed by atoms with E-state index in [1.54, 1.807) is 10.9 Å². The summed E-state index contributed by atoms with van der Waals surface area (Å²) in [7, 11) is 0. The molecule has 3 rings (SSSR count). The van der Waals surface area contributed by atoms with Crippen molar-refractivity contribution in [1.29, 1.82) is 0 Å². The van der Waals surface area contributed by atoms with Crippen molar-refractivity contribution < 1.29 is 4.79 Å². The van der Waals surface area contributed by atoms with Gasteiger partial charge in [0.2, 0.25) is 5.91 Å². The maximum Gasteiger partial charge on any atom is 0.244 e. The Bertz CT molecular complexity index is 919. The summed E-state index contributed by atoms with van der Waals surface area (Å²) in [6.07, 6.45) is 4.62. The zero-order valence-corrected chi connectivity index (χ0v) is 15.6. The number of hydrogen-bond donors (Lipinski definition) is 2. The van der Waals surface area contributed by atoms with Gasteiger partial charge in [-0.1, -0.05) is 18.6 Å². The molecule has 5 heteroatoms. The standard InChI is InChI=1S/C20H26N4O/c1-6-18-14(4)17-8-12(2)7-16(19(17)23-18)10-21-20(25)15(5)24-11-13(3)9-22-24/h7-9,11,15,23H,6,10H2,1-5H3,(H,21,25). The van der Waals surface area contributed by atoms with Gasteiger partial charge in [0, 0.05) is 23.8 Å². The van der Waals surface area contributed by atoms with Crippen LogP contribution in [0.5, 0.6) is 0 Å². The first-order valence-corrected chi connectivity index (χ1v) is 8.79. The van der Waals surface area contributed by atoms with E-state index in [4.69, 9.17) is 0 Å². The number of nitrogens with zero attached hydrogens (tertiary/aromatic N) is 2. The topological polar surface area (TPSA) is 62.7 Å². The van der Waals surface area contributed by atoms with E-state index >= 15 is 0 Å². The number of amides is 1. The molecule has 3 aromatic rings. The molecule has 1 unspecified atom stereocenters. The summed E-state index contributed by atoms with van der Waals surface area (Å²) in [4.78, 5) is 16.0. The SMILES string of the molecule is CCc1[nH]c2c(CNC(=O)C(C)n3cc(C)cn3)cc(C)cc2c1C. The van der Waals surface area contributed by atoms with Gasteiger partial charge in [0.15, 0.2) is 0 Å². The molecule has 0 bridgehead atoms. The molecule has 0 radical (unpaired) electrons. The summed E-state index contributed by atoms with van der Waals surface area (Å²) < 4.78 is 1.70. The van der Waals surface area contributed by atoms with Crippen LogP contribution in [0.1, 0.15) is 47.8 Å². The maximum absolute atomic E-state index is 12.5. The molecule has 25 heavy (non-hydrogen) atoms. The number of carbonyl (C=O) groups is 1. The van der Waals surface area contributed by atoms with Crippen LogP contribution < -0.4 is 5.32 Å². The first kappa shape index (κ1) is 17.3. The molecular formula is C20H26N4O. The highest BCUT2D eigenvalue weighted by molar-refractivity contribution is 5.88. The van der Waals surface area contributed by atoms with Gasteiger partial charge in [0.05, 0.1) is 11.7 Å². The van der Waals surface area contributed by atoms with Crippen molar-refractivity contribution in [3.8, 4) is 0 Å². The van der Waals surface area contributed by atoms with Crippen molar-refractivity contribution in [1.82, 2.24) is 20.1 Å². The Hall–Kier alpha value is -2.56. The summed E-state index contributed by atoms with van der Waals surface area (Å²) in [6.45, 7) is 10.7. The second kappa shape index (κ2) is 6.75. The van der Waals surface area contributed by atoms with Gasteiger partial charge in [-0.3, -0.25) is 9.48 Å². The Morgan fingerprint density at radius 3 is 2.68 bits per heavy atom. The molecule has 1 atom stereocenters. The van der Waals surface area contributed by atoms with Crippen LogP contribution in [0.25, 0.3) is 10.9 Å². The number of H-pyrrole nitrogens is 1. The quantitative estimate of drug-likeness (QED) is 0.744. The molecular weight excluding hydrogens is 312 g/mol. The van der Waals surface area contributed by atoms with Crippen LogP contribution in [0.15, 0.2) is 24.5 Å². The van der Waals surface area contributed by atoms with Gasteiger partial charge < -0.3 is 10.3 Å². The second-order valence-corrected chi connectivity index (χ2v) is 6.82. The van der Waals surface area contributed by atoms with Crippen LogP contribution in [0, 0.1) is 20.8 Å². The number of aromatic amines is 1. The molecule has 1 aromatic carbocycles. The number of fused-ring (bicyclic) bond motifs is 1. The number of carbonyl (C=O) groups excluding carboxylic acids is 1. The number of nitrogens with one attached hydrogen (secondary N) is 2. The van der Waals surface area contributed by atoms with Crippen LogP contribution >= 0.6 is 0 Å². The van der Waals surface area contributed by atoms with Crippen LogP contribution in [0.2, 0.25) is 0 Å². The number of rotatable bonds is 5. The van der Waals surface area contributed by atoms with Crippen molar-refractivity contribution >= 4 is 16.8 Å².